The van der Waals surface area contributed by atoms with E-state index in [1.54, 1.807) is 24.9 Å². The summed E-state index contributed by atoms with van der Waals surface area (Å²) in [6.45, 7) is 1.41. The first-order chi connectivity index (χ1) is 17.2. The van der Waals surface area contributed by atoms with E-state index in [1.807, 2.05) is 56.6 Å². The summed E-state index contributed by atoms with van der Waals surface area (Å²) in [5, 5.41) is 7.59. The van der Waals surface area contributed by atoms with Crippen LogP contribution in [0.3, 0.4) is 0 Å². The number of rotatable bonds is 7. The van der Waals surface area contributed by atoms with Crippen molar-refractivity contribution in [1.82, 2.24) is 35.0 Å². The van der Waals surface area contributed by atoms with Gasteiger partial charge in [-0.3, -0.25) is 10.1 Å². The van der Waals surface area contributed by atoms with Gasteiger partial charge < -0.3 is 19.0 Å². The van der Waals surface area contributed by atoms with E-state index in [0.29, 0.717) is 23.9 Å². The number of pyridine rings is 2. The molecule has 9 nitrogen and oxygen atoms in total. The number of benzene rings is 1. The van der Waals surface area contributed by atoms with Gasteiger partial charge in [-0.05, 0) is 44.4 Å². The fraction of sp³-hybridized carbons (Fsp3) is 0.154. The molecule has 174 valence electrons. The zero-order valence-corrected chi connectivity index (χ0v) is 19.3. The highest BCUT2D eigenvalue weighted by molar-refractivity contribution is 5.96. The highest BCUT2D eigenvalue weighted by Gasteiger charge is 2.17. The van der Waals surface area contributed by atoms with Crippen LogP contribution in [0.5, 0.6) is 5.75 Å². The van der Waals surface area contributed by atoms with Crippen molar-refractivity contribution >= 4 is 22.1 Å². The van der Waals surface area contributed by atoms with Crippen LogP contribution in [0.2, 0.25) is 0 Å². The molecule has 6 rings (SSSR count). The predicted octanol–water partition coefficient (Wildman–Crippen LogP) is 4.76. The molecule has 35 heavy (non-hydrogen) atoms. The minimum Gasteiger partial charge on any atom is -0.491 e. The van der Waals surface area contributed by atoms with Crippen molar-refractivity contribution in [3.8, 4) is 39.7 Å². The molecule has 0 saturated heterocycles. The van der Waals surface area contributed by atoms with E-state index in [2.05, 4.69) is 25.1 Å². The first-order valence-electron chi connectivity index (χ1n) is 11.3. The number of nitrogens with one attached hydrogen (secondary N) is 2. The Hall–Kier alpha value is -4.50. The highest BCUT2D eigenvalue weighted by atomic mass is 16.5. The lowest BCUT2D eigenvalue weighted by Crippen LogP contribution is -2.19. The van der Waals surface area contributed by atoms with Gasteiger partial charge in [0.1, 0.15) is 17.9 Å². The summed E-state index contributed by atoms with van der Waals surface area (Å²) in [6, 6.07) is 13.8. The summed E-state index contributed by atoms with van der Waals surface area (Å²) in [4.78, 5) is 19.6. The van der Waals surface area contributed by atoms with E-state index in [9.17, 15) is 0 Å². The summed E-state index contributed by atoms with van der Waals surface area (Å²) in [5.74, 6) is 1.36. The second-order valence-electron chi connectivity index (χ2n) is 8.53. The summed E-state index contributed by atoms with van der Waals surface area (Å²) in [6.07, 6.45) is 6.87. The fourth-order valence-corrected chi connectivity index (χ4v) is 4.00. The summed E-state index contributed by atoms with van der Waals surface area (Å²) in [5.41, 5.74) is 7.58. The summed E-state index contributed by atoms with van der Waals surface area (Å²) < 4.78 is 11.1. The number of hydrogen-bond donors (Lipinski definition) is 2. The first kappa shape index (κ1) is 21.1. The number of furan rings is 1. The first-order valence-corrected chi connectivity index (χ1v) is 11.3. The van der Waals surface area contributed by atoms with Crippen LogP contribution in [-0.4, -0.2) is 62.3 Å². The van der Waals surface area contributed by atoms with E-state index < -0.39 is 0 Å². The molecule has 0 atom stereocenters. The van der Waals surface area contributed by atoms with E-state index in [1.165, 1.54) is 0 Å². The molecule has 0 radical (unpaired) electrons. The molecular weight excluding hydrogens is 442 g/mol. The maximum absolute atomic E-state index is 5.85. The molecule has 5 aromatic heterocycles. The number of para-hydroxylation sites is 1. The van der Waals surface area contributed by atoms with Crippen molar-refractivity contribution in [2.24, 2.45) is 0 Å². The smallest absolute Gasteiger partial charge is 0.161 e. The van der Waals surface area contributed by atoms with E-state index >= 15 is 0 Å². The number of likely N-dealkylation sites (N-methyl/N-ethyl adjacent to an activating group) is 1. The van der Waals surface area contributed by atoms with Crippen LogP contribution >= 0.6 is 0 Å². The predicted molar refractivity (Wildman–Crippen MR) is 134 cm³/mol. The molecule has 0 aliphatic heterocycles. The third-order valence-electron chi connectivity index (χ3n) is 5.79. The van der Waals surface area contributed by atoms with E-state index in [0.717, 1.165) is 51.0 Å². The molecule has 0 aliphatic carbocycles. The van der Waals surface area contributed by atoms with Gasteiger partial charge in [0.25, 0.3) is 0 Å². The van der Waals surface area contributed by atoms with Gasteiger partial charge in [-0.1, -0.05) is 12.1 Å². The van der Waals surface area contributed by atoms with Crippen LogP contribution < -0.4 is 4.74 Å². The number of fused-ring (bicyclic) bond motifs is 2. The van der Waals surface area contributed by atoms with Crippen LogP contribution in [0, 0.1) is 0 Å². The van der Waals surface area contributed by atoms with Gasteiger partial charge >= 0.3 is 0 Å². The Morgan fingerprint density at radius 3 is 2.77 bits per heavy atom. The second-order valence-corrected chi connectivity index (χ2v) is 8.53. The molecule has 6 aromatic rings. The maximum atomic E-state index is 5.85. The second kappa shape index (κ2) is 8.69. The van der Waals surface area contributed by atoms with Crippen molar-refractivity contribution in [2.75, 3.05) is 27.2 Å². The molecule has 9 heteroatoms. The van der Waals surface area contributed by atoms with Gasteiger partial charge in [-0.15, -0.1) is 0 Å². The van der Waals surface area contributed by atoms with Gasteiger partial charge in [0.2, 0.25) is 0 Å². The monoisotopic (exact) mass is 465 g/mol. The molecule has 0 fully saturated rings. The van der Waals surface area contributed by atoms with Crippen molar-refractivity contribution < 1.29 is 9.15 Å². The third kappa shape index (κ3) is 4.02. The Balaban J connectivity index is 1.38. The number of aromatic amines is 2. The van der Waals surface area contributed by atoms with Gasteiger partial charge in [-0.2, -0.15) is 5.10 Å². The van der Waals surface area contributed by atoms with Crippen LogP contribution in [-0.2, 0) is 0 Å². The number of nitrogens with zero attached hydrogens (tertiary/aromatic N) is 5. The summed E-state index contributed by atoms with van der Waals surface area (Å²) in [7, 11) is 4.03. The minimum absolute atomic E-state index is 0.587. The van der Waals surface area contributed by atoms with Crippen molar-refractivity contribution in [1.29, 1.82) is 0 Å². The van der Waals surface area contributed by atoms with Crippen molar-refractivity contribution in [2.45, 2.75) is 0 Å². The quantitative estimate of drug-likeness (QED) is 0.350. The van der Waals surface area contributed by atoms with Crippen LogP contribution in [0.25, 0.3) is 56.0 Å². The maximum Gasteiger partial charge on any atom is 0.161 e. The van der Waals surface area contributed by atoms with Gasteiger partial charge in [0.15, 0.2) is 11.5 Å². The lowest BCUT2D eigenvalue weighted by atomic mass is 10.1. The lowest BCUT2D eigenvalue weighted by Gasteiger charge is -2.11. The molecule has 0 unspecified atom stereocenters. The Bertz CT molecular complexity index is 1620. The average Bonchev–Trinajstić information content (AvgIpc) is 3.62. The van der Waals surface area contributed by atoms with Crippen molar-refractivity contribution in [3.63, 3.8) is 0 Å². The molecule has 0 bridgehead atoms. The number of ether oxygens (including phenoxy) is 1. The zero-order valence-electron chi connectivity index (χ0n) is 19.3. The van der Waals surface area contributed by atoms with Crippen LogP contribution in [0.15, 0.2) is 71.8 Å². The minimum atomic E-state index is 0.587. The Morgan fingerprint density at radius 1 is 0.971 bits per heavy atom. The number of aromatic nitrogens is 6. The van der Waals surface area contributed by atoms with Gasteiger partial charge in [-0.25, -0.2) is 9.97 Å². The largest absolute Gasteiger partial charge is 0.491 e. The zero-order chi connectivity index (χ0) is 23.8. The molecule has 0 spiro atoms. The molecule has 5 heterocycles. The van der Waals surface area contributed by atoms with Crippen LogP contribution in [0.4, 0.5) is 0 Å². The Kier molecular flexibility index (Phi) is 5.23. The Morgan fingerprint density at radius 2 is 1.91 bits per heavy atom. The van der Waals surface area contributed by atoms with E-state index in [-0.39, 0.29) is 0 Å². The fourth-order valence-electron chi connectivity index (χ4n) is 4.00. The number of imidazole rings is 1. The normalized spacial score (nSPS) is 11.6. The molecule has 0 aliphatic rings. The molecule has 2 N–H and O–H groups in total. The molecule has 1 aromatic carbocycles. The Labute approximate surface area is 200 Å². The van der Waals surface area contributed by atoms with Crippen LogP contribution in [0.1, 0.15) is 0 Å². The highest BCUT2D eigenvalue weighted by Crippen LogP contribution is 2.32. The topological polar surface area (TPSA) is 109 Å². The third-order valence-corrected chi connectivity index (χ3v) is 5.79. The standard InChI is InChI=1S/C26H23N7O2/c1-33(2)9-11-35-18-12-17(13-27-14-18)20-6-7-22-24(28-20)25(32-31-22)26-29-21-5-3-4-19(23(21)30-26)16-8-10-34-15-16/h3-8,10,12-15H,9,11H2,1-2H3,(H,29,30)(H,31,32). The lowest BCUT2D eigenvalue weighted by molar-refractivity contribution is 0.261. The average molecular weight is 466 g/mol. The van der Waals surface area contributed by atoms with Gasteiger partial charge in [0.05, 0.1) is 41.0 Å². The number of H-pyrrole nitrogens is 2. The van der Waals surface area contributed by atoms with E-state index in [4.69, 9.17) is 19.1 Å². The SMILES string of the molecule is CN(C)CCOc1cncc(-c2ccc3[nH]nc(-c4nc5c(-c6ccoc6)cccc5[nH]4)c3n2)c1. The summed E-state index contributed by atoms with van der Waals surface area (Å²) >= 11 is 0. The molecule has 0 saturated carbocycles. The molecular formula is C26H23N7O2. The molecule has 0 amide bonds. The van der Waals surface area contributed by atoms with Crippen molar-refractivity contribution in [3.05, 3.63) is 67.4 Å². The number of hydrogen-bond acceptors (Lipinski definition) is 7. The van der Waals surface area contributed by atoms with Gasteiger partial charge in [0, 0.05) is 29.4 Å².